The average Bonchev–Trinajstić information content (AvgIpc) is 2.29. The average molecular weight is 245 g/mol. The lowest BCUT2D eigenvalue weighted by molar-refractivity contribution is -0.121. The maximum atomic E-state index is 11.6. The molecule has 0 saturated carbocycles. The Kier molecular flexibility index (Phi) is 6.21. The second-order valence-corrected chi connectivity index (χ2v) is 5.31. The summed E-state index contributed by atoms with van der Waals surface area (Å²) in [4.78, 5) is 11.6. The standard InChI is InChI=1S/C12H23NO2S/c1-9(2)11(16)12(14)13-7-6-10-5-3-4-8-15-10/h9-11,16H,3-8H2,1-2H3,(H,13,14). The Hall–Kier alpha value is -0.220. The summed E-state index contributed by atoms with van der Waals surface area (Å²) in [6.45, 7) is 5.58. The van der Waals surface area contributed by atoms with E-state index in [1.807, 2.05) is 13.8 Å². The van der Waals surface area contributed by atoms with Crippen LogP contribution in [0.4, 0.5) is 0 Å². The van der Waals surface area contributed by atoms with Gasteiger partial charge in [0.25, 0.3) is 0 Å². The molecule has 1 amide bonds. The van der Waals surface area contributed by atoms with Crippen LogP contribution in [-0.2, 0) is 9.53 Å². The molecular formula is C12H23NO2S. The Morgan fingerprint density at radius 2 is 2.25 bits per heavy atom. The van der Waals surface area contributed by atoms with E-state index in [0.717, 1.165) is 19.4 Å². The number of hydrogen-bond donors (Lipinski definition) is 2. The largest absolute Gasteiger partial charge is 0.378 e. The van der Waals surface area contributed by atoms with Gasteiger partial charge in [-0.2, -0.15) is 12.6 Å². The Balaban J connectivity index is 2.12. The van der Waals surface area contributed by atoms with E-state index in [1.54, 1.807) is 0 Å². The van der Waals surface area contributed by atoms with Crippen LogP contribution in [0.25, 0.3) is 0 Å². The first-order valence-corrected chi connectivity index (χ1v) is 6.70. The van der Waals surface area contributed by atoms with Crippen LogP contribution in [0, 0.1) is 5.92 Å². The predicted molar refractivity (Wildman–Crippen MR) is 68.8 cm³/mol. The van der Waals surface area contributed by atoms with Crippen molar-refractivity contribution in [2.24, 2.45) is 5.92 Å². The second-order valence-electron chi connectivity index (χ2n) is 4.76. The van der Waals surface area contributed by atoms with Gasteiger partial charge in [0.2, 0.25) is 5.91 Å². The molecule has 0 radical (unpaired) electrons. The van der Waals surface area contributed by atoms with Gasteiger partial charge in [-0.3, -0.25) is 4.79 Å². The summed E-state index contributed by atoms with van der Waals surface area (Å²) >= 11 is 4.28. The fraction of sp³-hybridized carbons (Fsp3) is 0.917. The molecule has 94 valence electrons. The highest BCUT2D eigenvalue weighted by Gasteiger charge is 2.18. The third-order valence-electron chi connectivity index (χ3n) is 2.94. The molecule has 0 spiro atoms. The van der Waals surface area contributed by atoms with Crippen molar-refractivity contribution >= 4 is 18.5 Å². The van der Waals surface area contributed by atoms with Gasteiger partial charge in [-0.15, -0.1) is 0 Å². The summed E-state index contributed by atoms with van der Waals surface area (Å²) in [7, 11) is 0. The minimum absolute atomic E-state index is 0.0362. The molecule has 1 aliphatic rings. The zero-order valence-corrected chi connectivity index (χ0v) is 11.1. The molecule has 3 nitrogen and oxygen atoms in total. The monoisotopic (exact) mass is 245 g/mol. The number of carbonyl (C=O) groups excluding carboxylic acids is 1. The normalized spacial score (nSPS) is 23.1. The van der Waals surface area contributed by atoms with Gasteiger partial charge in [0.05, 0.1) is 11.4 Å². The van der Waals surface area contributed by atoms with E-state index in [9.17, 15) is 4.79 Å². The molecule has 16 heavy (non-hydrogen) atoms. The van der Waals surface area contributed by atoms with Crippen LogP contribution in [0.15, 0.2) is 0 Å². The molecule has 0 aromatic carbocycles. The first-order valence-electron chi connectivity index (χ1n) is 6.18. The van der Waals surface area contributed by atoms with Crippen LogP contribution < -0.4 is 5.32 Å². The third-order valence-corrected chi connectivity index (χ3v) is 3.77. The zero-order chi connectivity index (χ0) is 12.0. The molecule has 1 aliphatic heterocycles. The van der Waals surface area contributed by atoms with Crippen LogP contribution in [0.3, 0.4) is 0 Å². The first kappa shape index (κ1) is 13.8. The Morgan fingerprint density at radius 1 is 1.50 bits per heavy atom. The lowest BCUT2D eigenvalue weighted by atomic mass is 10.1. The molecule has 0 aliphatic carbocycles. The van der Waals surface area contributed by atoms with E-state index in [1.165, 1.54) is 12.8 Å². The third kappa shape index (κ3) is 4.74. The van der Waals surface area contributed by atoms with Crippen LogP contribution in [-0.4, -0.2) is 30.4 Å². The number of nitrogens with one attached hydrogen (secondary N) is 1. The molecular weight excluding hydrogens is 222 g/mol. The van der Waals surface area contributed by atoms with Gasteiger partial charge in [0.15, 0.2) is 0 Å². The van der Waals surface area contributed by atoms with E-state index in [-0.39, 0.29) is 17.1 Å². The van der Waals surface area contributed by atoms with Crippen molar-refractivity contribution in [1.82, 2.24) is 5.32 Å². The topological polar surface area (TPSA) is 38.3 Å². The van der Waals surface area contributed by atoms with Crippen molar-refractivity contribution in [2.75, 3.05) is 13.2 Å². The van der Waals surface area contributed by atoms with E-state index in [0.29, 0.717) is 12.6 Å². The van der Waals surface area contributed by atoms with E-state index in [4.69, 9.17) is 4.74 Å². The van der Waals surface area contributed by atoms with Gasteiger partial charge in [-0.05, 0) is 31.6 Å². The van der Waals surface area contributed by atoms with Gasteiger partial charge in [-0.25, -0.2) is 0 Å². The van der Waals surface area contributed by atoms with Crippen LogP contribution >= 0.6 is 12.6 Å². The van der Waals surface area contributed by atoms with Gasteiger partial charge in [-0.1, -0.05) is 13.8 Å². The minimum atomic E-state index is -0.202. The minimum Gasteiger partial charge on any atom is -0.378 e. The Bertz CT molecular complexity index is 215. The van der Waals surface area contributed by atoms with Crippen molar-refractivity contribution in [3.8, 4) is 0 Å². The molecule has 1 fully saturated rings. The van der Waals surface area contributed by atoms with E-state index < -0.39 is 0 Å². The number of amides is 1. The van der Waals surface area contributed by atoms with Crippen LogP contribution in [0.5, 0.6) is 0 Å². The predicted octanol–water partition coefficient (Wildman–Crippen LogP) is 2.02. The highest BCUT2D eigenvalue weighted by Crippen LogP contribution is 2.15. The van der Waals surface area contributed by atoms with Crippen molar-refractivity contribution in [3.63, 3.8) is 0 Å². The van der Waals surface area contributed by atoms with Crippen molar-refractivity contribution < 1.29 is 9.53 Å². The maximum absolute atomic E-state index is 11.6. The van der Waals surface area contributed by atoms with Crippen molar-refractivity contribution in [3.05, 3.63) is 0 Å². The number of rotatable bonds is 5. The lowest BCUT2D eigenvalue weighted by Gasteiger charge is -2.23. The van der Waals surface area contributed by atoms with Crippen molar-refractivity contribution in [1.29, 1.82) is 0 Å². The number of hydrogen-bond acceptors (Lipinski definition) is 3. The summed E-state index contributed by atoms with van der Waals surface area (Å²) < 4.78 is 5.60. The smallest absolute Gasteiger partial charge is 0.233 e. The van der Waals surface area contributed by atoms with Gasteiger partial charge in [0.1, 0.15) is 0 Å². The summed E-state index contributed by atoms with van der Waals surface area (Å²) in [5.74, 6) is 0.309. The summed E-state index contributed by atoms with van der Waals surface area (Å²) in [6.07, 6.45) is 4.81. The van der Waals surface area contributed by atoms with E-state index >= 15 is 0 Å². The number of thiol groups is 1. The molecule has 1 N–H and O–H groups in total. The molecule has 0 aromatic heterocycles. The fourth-order valence-corrected chi connectivity index (χ4v) is 1.89. The Morgan fingerprint density at radius 3 is 2.81 bits per heavy atom. The highest BCUT2D eigenvalue weighted by atomic mass is 32.1. The molecule has 1 saturated heterocycles. The van der Waals surface area contributed by atoms with E-state index in [2.05, 4.69) is 17.9 Å². The maximum Gasteiger partial charge on any atom is 0.233 e. The lowest BCUT2D eigenvalue weighted by Crippen LogP contribution is -2.36. The fourth-order valence-electron chi connectivity index (χ4n) is 1.80. The molecule has 0 bridgehead atoms. The number of ether oxygens (including phenoxy) is 1. The second kappa shape index (κ2) is 7.17. The molecule has 2 unspecified atom stereocenters. The highest BCUT2D eigenvalue weighted by molar-refractivity contribution is 7.81. The summed E-state index contributed by atoms with van der Waals surface area (Å²) in [5.41, 5.74) is 0. The van der Waals surface area contributed by atoms with Gasteiger partial charge in [0, 0.05) is 13.2 Å². The molecule has 1 rings (SSSR count). The quantitative estimate of drug-likeness (QED) is 0.727. The molecule has 0 aromatic rings. The molecule has 4 heteroatoms. The summed E-state index contributed by atoms with van der Waals surface area (Å²) in [6, 6.07) is 0. The van der Waals surface area contributed by atoms with Gasteiger partial charge < -0.3 is 10.1 Å². The zero-order valence-electron chi connectivity index (χ0n) is 10.2. The molecule has 1 heterocycles. The summed E-state index contributed by atoms with van der Waals surface area (Å²) in [5, 5.41) is 2.71. The van der Waals surface area contributed by atoms with Gasteiger partial charge >= 0.3 is 0 Å². The molecule has 2 atom stereocenters. The SMILES string of the molecule is CC(C)C(S)C(=O)NCCC1CCCCO1. The van der Waals surface area contributed by atoms with Crippen molar-refractivity contribution in [2.45, 2.75) is 50.9 Å². The Labute approximate surface area is 104 Å². The van der Waals surface area contributed by atoms with Crippen LogP contribution in [0.1, 0.15) is 39.5 Å². The number of carbonyl (C=O) groups is 1. The first-order chi connectivity index (χ1) is 7.61. The van der Waals surface area contributed by atoms with Crippen LogP contribution in [0.2, 0.25) is 0 Å².